The molecule has 11 heavy (non-hydrogen) atoms. The second-order valence-electron chi connectivity index (χ2n) is 2.23. The minimum Gasteiger partial charge on any atom is -0.393 e. The van der Waals surface area contributed by atoms with Crippen molar-refractivity contribution < 1.29 is 10.2 Å². The first kappa shape index (κ1) is 10.1. The summed E-state index contributed by atoms with van der Waals surface area (Å²) in [6, 6.07) is 0. The molecule has 0 bridgehead atoms. The molecule has 0 radical (unpaired) electrons. The number of rotatable bonds is 4. The maximum absolute atomic E-state index is 9.05. The van der Waals surface area contributed by atoms with Crippen LogP contribution < -0.4 is 0 Å². The monoisotopic (exact) mass is 154 g/mol. The molecular weight excluding hydrogens is 140 g/mol. The van der Waals surface area contributed by atoms with Crippen LogP contribution in [0.15, 0.2) is 36.5 Å². The number of allylic oxidation sites excluding steroid dienone is 4. The molecule has 0 spiro atoms. The zero-order valence-corrected chi connectivity index (χ0v) is 6.70. The minimum atomic E-state index is -0.746. The Morgan fingerprint density at radius 3 is 2.64 bits per heavy atom. The van der Waals surface area contributed by atoms with Crippen molar-refractivity contribution >= 4 is 0 Å². The van der Waals surface area contributed by atoms with Gasteiger partial charge in [-0.05, 0) is 12.5 Å². The van der Waals surface area contributed by atoms with Crippen LogP contribution in [0.3, 0.4) is 0 Å². The Bertz CT molecular complexity index is 168. The largest absolute Gasteiger partial charge is 0.393 e. The van der Waals surface area contributed by atoms with Crippen molar-refractivity contribution in [3.05, 3.63) is 36.5 Å². The lowest BCUT2D eigenvalue weighted by Gasteiger charge is -2.04. The summed E-state index contributed by atoms with van der Waals surface area (Å²) >= 11 is 0. The summed E-state index contributed by atoms with van der Waals surface area (Å²) in [5, 5.41) is 17.6. The first-order valence-electron chi connectivity index (χ1n) is 3.47. The molecule has 0 aliphatic rings. The Kier molecular flexibility index (Phi) is 5.43. The van der Waals surface area contributed by atoms with Gasteiger partial charge in [-0.1, -0.05) is 30.9 Å². The summed E-state index contributed by atoms with van der Waals surface area (Å²) in [6.07, 6.45) is 6.16. The highest BCUT2D eigenvalue weighted by Gasteiger charge is 2.00. The molecule has 2 N–H and O–H groups in total. The van der Waals surface area contributed by atoms with Gasteiger partial charge in [-0.3, -0.25) is 0 Å². The van der Waals surface area contributed by atoms with E-state index in [1.165, 1.54) is 0 Å². The van der Waals surface area contributed by atoms with Gasteiger partial charge in [0.05, 0.1) is 12.7 Å². The fourth-order valence-corrected chi connectivity index (χ4v) is 0.541. The molecule has 62 valence electrons. The minimum absolute atomic E-state index is 0.232. The van der Waals surface area contributed by atoms with Gasteiger partial charge < -0.3 is 10.2 Å². The summed E-state index contributed by atoms with van der Waals surface area (Å²) in [5.41, 5.74) is 0.741. The van der Waals surface area contributed by atoms with E-state index in [-0.39, 0.29) is 6.61 Å². The van der Waals surface area contributed by atoms with Gasteiger partial charge in [-0.15, -0.1) is 0 Å². The molecular formula is C9H14O2. The highest BCUT2D eigenvalue weighted by atomic mass is 16.3. The van der Waals surface area contributed by atoms with Gasteiger partial charge in [0.2, 0.25) is 0 Å². The average molecular weight is 154 g/mol. The van der Waals surface area contributed by atoms with E-state index in [1.807, 2.05) is 0 Å². The fourth-order valence-electron chi connectivity index (χ4n) is 0.541. The topological polar surface area (TPSA) is 40.5 Å². The molecule has 0 heterocycles. The molecule has 1 unspecified atom stereocenters. The predicted molar refractivity (Wildman–Crippen MR) is 46.2 cm³/mol. The Labute approximate surface area is 67.2 Å². The second-order valence-corrected chi connectivity index (χ2v) is 2.23. The lowest BCUT2D eigenvalue weighted by atomic mass is 10.1. The predicted octanol–water partition coefficient (Wildman–Crippen LogP) is 1.03. The van der Waals surface area contributed by atoms with E-state index in [4.69, 9.17) is 10.2 Å². The first-order valence-corrected chi connectivity index (χ1v) is 3.47. The molecule has 0 aromatic heterocycles. The van der Waals surface area contributed by atoms with Crippen molar-refractivity contribution in [3.63, 3.8) is 0 Å². The smallest absolute Gasteiger partial charge is 0.0981 e. The third-order valence-corrected chi connectivity index (χ3v) is 1.30. The van der Waals surface area contributed by atoms with Gasteiger partial charge in [0.25, 0.3) is 0 Å². The van der Waals surface area contributed by atoms with Gasteiger partial charge in [-0.25, -0.2) is 0 Å². The summed E-state index contributed by atoms with van der Waals surface area (Å²) in [4.78, 5) is 0. The maximum atomic E-state index is 9.05. The normalized spacial score (nSPS) is 15.4. The molecule has 0 aliphatic carbocycles. The fraction of sp³-hybridized carbons (Fsp3) is 0.333. The van der Waals surface area contributed by atoms with Gasteiger partial charge in [0.1, 0.15) is 0 Å². The van der Waals surface area contributed by atoms with Gasteiger partial charge in [0.15, 0.2) is 0 Å². The lowest BCUT2D eigenvalue weighted by molar-refractivity contribution is 0.122. The van der Waals surface area contributed by atoms with Crippen LogP contribution in [0.1, 0.15) is 6.92 Å². The molecule has 0 aliphatic heterocycles. The highest BCUT2D eigenvalue weighted by Crippen LogP contribution is 1.99. The number of aliphatic hydroxyl groups excluding tert-OH is 2. The quantitative estimate of drug-likeness (QED) is 0.594. The van der Waals surface area contributed by atoms with Crippen molar-refractivity contribution in [2.24, 2.45) is 0 Å². The van der Waals surface area contributed by atoms with Crippen molar-refractivity contribution in [1.82, 2.24) is 0 Å². The second kappa shape index (κ2) is 5.89. The highest BCUT2D eigenvalue weighted by molar-refractivity contribution is 5.16. The van der Waals surface area contributed by atoms with Crippen LogP contribution >= 0.6 is 0 Å². The maximum Gasteiger partial charge on any atom is 0.0981 e. The van der Waals surface area contributed by atoms with Crippen LogP contribution in [0.2, 0.25) is 0 Å². The zero-order chi connectivity index (χ0) is 8.69. The first-order chi connectivity index (χ1) is 5.22. The molecule has 0 saturated carbocycles. The molecule has 0 saturated heterocycles. The lowest BCUT2D eigenvalue weighted by Crippen LogP contribution is -2.12. The van der Waals surface area contributed by atoms with E-state index in [9.17, 15) is 0 Å². The molecule has 0 aromatic carbocycles. The van der Waals surface area contributed by atoms with E-state index in [0.29, 0.717) is 0 Å². The molecule has 0 amide bonds. The molecule has 2 heteroatoms. The van der Waals surface area contributed by atoms with Crippen LogP contribution in [0.4, 0.5) is 0 Å². The Morgan fingerprint density at radius 1 is 1.55 bits per heavy atom. The van der Waals surface area contributed by atoms with Crippen LogP contribution in [0, 0.1) is 0 Å². The van der Waals surface area contributed by atoms with Crippen molar-refractivity contribution in [3.8, 4) is 0 Å². The van der Waals surface area contributed by atoms with Crippen molar-refractivity contribution in [2.75, 3.05) is 6.61 Å². The van der Waals surface area contributed by atoms with E-state index in [0.717, 1.165) is 5.57 Å². The van der Waals surface area contributed by atoms with Crippen LogP contribution in [0.5, 0.6) is 0 Å². The van der Waals surface area contributed by atoms with Crippen molar-refractivity contribution in [1.29, 1.82) is 0 Å². The van der Waals surface area contributed by atoms with E-state index in [1.54, 1.807) is 31.2 Å². The van der Waals surface area contributed by atoms with E-state index < -0.39 is 6.10 Å². The molecule has 0 fully saturated rings. The van der Waals surface area contributed by atoms with Crippen molar-refractivity contribution in [2.45, 2.75) is 13.0 Å². The molecule has 0 aromatic rings. The third kappa shape index (κ3) is 4.53. The Balaban J connectivity index is 3.98. The SMILES string of the molecule is C=C/C=C\C=C(/C)C(O)CO. The van der Waals surface area contributed by atoms with Crippen LogP contribution in [-0.4, -0.2) is 22.9 Å². The number of hydrogen-bond acceptors (Lipinski definition) is 2. The third-order valence-electron chi connectivity index (χ3n) is 1.30. The summed E-state index contributed by atoms with van der Waals surface area (Å²) < 4.78 is 0. The van der Waals surface area contributed by atoms with Gasteiger partial charge in [0, 0.05) is 0 Å². The number of aliphatic hydroxyl groups is 2. The van der Waals surface area contributed by atoms with Crippen LogP contribution in [0.25, 0.3) is 0 Å². The van der Waals surface area contributed by atoms with Gasteiger partial charge >= 0.3 is 0 Å². The zero-order valence-electron chi connectivity index (χ0n) is 6.70. The Morgan fingerprint density at radius 2 is 2.18 bits per heavy atom. The summed E-state index contributed by atoms with van der Waals surface area (Å²) in [6.45, 7) is 5.02. The summed E-state index contributed by atoms with van der Waals surface area (Å²) in [7, 11) is 0. The average Bonchev–Trinajstić information content (AvgIpc) is 2.03. The van der Waals surface area contributed by atoms with Gasteiger partial charge in [-0.2, -0.15) is 0 Å². The standard InChI is InChI=1S/C9H14O2/c1-3-4-5-6-8(2)9(11)7-10/h3-6,9-11H,1,7H2,2H3/b5-4-,8-6+. The Hall–Kier alpha value is -0.860. The van der Waals surface area contributed by atoms with E-state index >= 15 is 0 Å². The van der Waals surface area contributed by atoms with Crippen LogP contribution in [-0.2, 0) is 0 Å². The molecule has 1 atom stereocenters. The molecule has 2 nitrogen and oxygen atoms in total. The number of hydrogen-bond donors (Lipinski definition) is 2. The molecule has 0 rings (SSSR count). The van der Waals surface area contributed by atoms with E-state index in [2.05, 4.69) is 6.58 Å². The summed E-state index contributed by atoms with van der Waals surface area (Å²) in [5.74, 6) is 0.